The van der Waals surface area contributed by atoms with Gasteiger partial charge in [0.2, 0.25) is 0 Å². The Labute approximate surface area is 126 Å². The molecule has 1 heterocycles. The normalized spacial score (nSPS) is 17.4. The number of aromatic nitrogens is 1. The van der Waals surface area contributed by atoms with Gasteiger partial charge in [-0.3, -0.25) is 4.98 Å². The fourth-order valence-electron chi connectivity index (χ4n) is 2.85. The van der Waals surface area contributed by atoms with E-state index in [9.17, 15) is 0 Å². The lowest BCUT2D eigenvalue weighted by atomic mass is 9.92. The summed E-state index contributed by atoms with van der Waals surface area (Å²) in [5, 5.41) is 3.60. The highest BCUT2D eigenvalue weighted by Crippen LogP contribution is 2.31. The molecule has 0 saturated carbocycles. The first-order valence-corrected chi connectivity index (χ1v) is 7.69. The van der Waals surface area contributed by atoms with Crippen LogP contribution in [0.1, 0.15) is 44.0 Å². The van der Waals surface area contributed by atoms with Crippen molar-refractivity contribution in [1.29, 1.82) is 0 Å². The van der Waals surface area contributed by atoms with Crippen LogP contribution in [0, 0.1) is 0 Å². The molecule has 0 saturated heterocycles. The van der Waals surface area contributed by atoms with Gasteiger partial charge in [0.1, 0.15) is 5.75 Å². The third-order valence-corrected chi connectivity index (χ3v) is 3.76. The molecule has 3 nitrogen and oxygen atoms in total. The molecule has 1 unspecified atom stereocenters. The van der Waals surface area contributed by atoms with Gasteiger partial charge in [-0.25, -0.2) is 0 Å². The fraction of sp³-hybridized carbons (Fsp3) is 0.389. The first-order chi connectivity index (χ1) is 10.2. The van der Waals surface area contributed by atoms with Gasteiger partial charge in [0, 0.05) is 11.9 Å². The quantitative estimate of drug-likeness (QED) is 0.904. The molecular formula is C18H22N2O. The zero-order valence-electron chi connectivity index (χ0n) is 12.7. The van der Waals surface area contributed by atoms with E-state index in [2.05, 4.69) is 28.5 Å². The minimum atomic E-state index is 0.207. The Morgan fingerprint density at radius 2 is 2.00 bits per heavy atom. The van der Waals surface area contributed by atoms with Gasteiger partial charge >= 0.3 is 0 Å². The summed E-state index contributed by atoms with van der Waals surface area (Å²) < 4.78 is 5.68. The Hall–Kier alpha value is -2.03. The molecule has 1 aliphatic rings. The Morgan fingerprint density at radius 3 is 2.76 bits per heavy atom. The summed E-state index contributed by atoms with van der Waals surface area (Å²) in [4.78, 5) is 4.57. The zero-order chi connectivity index (χ0) is 14.7. The van der Waals surface area contributed by atoms with Crippen LogP contribution in [-0.4, -0.2) is 11.1 Å². The minimum Gasteiger partial charge on any atom is -0.491 e. The summed E-state index contributed by atoms with van der Waals surface area (Å²) in [6.45, 7) is 4.08. The maximum absolute atomic E-state index is 5.68. The molecule has 0 fully saturated rings. The summed E-state index contributed by atoms with van der Waals surface area (Å²) >= 11 is 0. The average molecular weight is 282 g/mol. The van der Waals surface area contributed by atoms with Gasteiger partial charge in [-0.1, -0.05) is 6.07 Å². The van der Waals surface area contributed by atoms with E-state index >= 15 is 0 Å². The Balaban J connectivity index is 1.73. The number of hydrogen-bond acceptors (Lipinski definition) is 3. The number of pyridine rings is 1. The molecule has 1 atom stereocenters. The summed E-state index contributed by atoms with van der Waals surface area (Å²) in [6.07, 6.45) is 5.58. The van der Waals surface area contributed by atoms with Crippen molar-refractivity contribution in [3.05, 3.63) is 53.9 Å². The molecule has 0 spiro atoms. The standard InChI is InChI=1S/C18H22N2O/c1-13(2)21-16-10-8-15(9-11-16)20-17-7-3-5-14-6-4-12-19-18(14)17/h4,6,8-13,17,20H,3,5,7H2,1-2H3. The highest BCUT2D eigenvalue weighted by atomic mass is 16.5. The second kappa shape index (κ2) is 6.17. The summed E-state index contributed by atoms with van der Waals surface area (Å²) in [6, 6.07) is 12.7. The third kappa shape index (κ3) is 3.35. The van der Waals surface area contributed by atoms with E-state index in [1.165, 1.54) is 17.7 Å². The molecule has 0 aliphatic heterocycles. The molecule has 0 amide bonds. The maximum Gasteiger partial charge on any atom is 0.119 e. The van der Waals surface area contributed by atoms with E-state index in [1.54, 1.807) is 0 Å². The summed E-state index contributed by atoms with van der Waals surface area (Å²) in [5.41, 5.74) is 3.70. The van der Waals surface area contributed by atoms with Crippen LogP contribution in [0.4, 0.5) is 5.69 Å². The molecule has 1 aliphatic carbocycles. The van der Waals surface area contributed by atoms with Crippen LogP contribution in [0.25, 0.3) is 0 Å². The first-order valence-electron chi connectivity index (χ1n) is 7.69. The van der Waals surface area contributed by atoms with Gasteiger partial charge in [0.15, 0.2) is 0 Å². The molecule has 1 aromatic heterocycles. The molecule has 2 aromatic rings. The highest BCUT2D eigenvalue weighted by Gasteiger charge is 2.20. The Bertz CT molecular complexity index is 592. The number of anilines is 1. The minimum absolute atomic E-state index is 0.207. The van der Waals surface area contributed by atoms with E-state index in [0.29, 0.717) is 6.04 Å². The Morgan fingerprint density at radius 1 is 1.19 bits per heavy atom. The SMILES string of the molecule is CC(C)Oc1ccc(NC2CCCc3cccnc32)cc1. The van der Waals surface area contributed by atoms with Gasteiger partial charge in [-0.05, 0) is 69.0 Å². The monoisotopic (exact) mass is 282 g/mol. The number of nitrogens with one attached hydrogen (secondary N) is 1. The molecule has 0 bridgehead atoms. The van der Waals surface area contributed by atoms with E-state index in [0.717, 1.165) is 24.3 Å². The number of benzene rings is 1. The molecule has 1 N–H and O–H groups in total. The van der Waals surface area contributed by atoms with Gasteiger partial charge in [0.05, 0.1) is 17.8 Å². The molecular weight excluding hydrogens is 260 g/mol. The molecule has 3 heteroatoms. The maximum atomic E-state index is 5.68. The van der Waals surface area contributed by atoms with Crippen molar-refractivity contribution in [2.75, 3.05) is 5.32 Å². The van der Waals surface area contributed by atoms with E-state index in [-0.39, 0.29) is 6.10 Å². The number of hydrogen-bond donors (Lipinski definition) is 1. The Kier molecular flexibility index (Phi) is 4.09. The van der Waals surface area contributed by atoms with E-state index in [4.69, 9.17) is 4.74 Å². The van der Waals surface area contributed by atoms with Gasteiger partial charge in [-0.15, -0.1) is 0 Å². The number of nitrogens with zero attached hydrogens (tertiary/aromatic N) is 1. The van der Waals surface area contributed by atoms with Crippen LogP contribution in [-0.2, 0) is 6.42 Å². The molecule has 0 radical (unpaired) electrons. The van der Waals surface area contributed by atoms with Crippen molar-refractivity contribution in [3.8, 4) is 5.75 Å². The number of fused-ring (bicyclic) bond motifs is 1. The van der Waals surface area contributed by atoms with Crippen LogP contribution in [0.5, 0.6) is 5.75 Å². The van der Waals surface area contributed by atoms with Crippen molar-refractivity contribution in [2.24, 2.45) is 0 Å². The van der Waals surface area contributed by atoms with Crippen molar-refractivity contribution < 1.29 is 4.74 Å². The van der Waals surface area contributed by atoms with Crippen LogP contribution in [0.15, 0.2) is 42.6 Å². The number of ether oxygens (including phenoxy) is 1. The van der Waals surface area contributed by atoms with Gasteiger partial charge < -0.3 is 10.1 Å². The smallest absolute Gasteiger partial charge is 0.119 e. The summed E-state index contributed by atoms with van der Waals surface area (Å²) in [5.74, 6) is 0.915. The van der Waals surface area contributed by atoms with Crippen LogP contribution in [0.3, 0.4) is 0 Å². The molecule has 110 valence electrons. The average Bonchev–Trinajstić information content (AvgIpc) is 2.49. The van der Waals surface area contributed by atoms with Crippen LogP contribution in [0.2, 0.25) is 0 Å². The van der Waals surface area contributed by atoms with Gasteiger partial charge in [-0.2, -0.15) is 0 Å². The van der Waals surface area contributed by atoms with Crippen molar-refractivity contribution in [2.45, 2.75) is 45.3 Å². The number of aryl methyl sites for hydroxylation is 1. The summed E-state index contributed by atoms with van der Waals surface area (Å²) in [7, 11) is 0. The lowest BCUT2D eigenvalue weighted by Gasteiger charge is -2.26. The van der Waals surface area contributed by atoms with Crippen LogP contribution < -0.4 is 10.1 Å². The fourth-order valence-corrected chi connectivity index (χ4v) is 2.85. The second-order valence-corrected chi connectivity index (χ2v) is 5.83. The van der Waals surface area contributed by atoms with Gasteiger partial charge in [0.25, 0.3) is 0 Å². The largest absolute Gasteiger partial charge is 0.491 e. The molecule has 21 heavy (non-hydrogen) atoms. The van der Waals surface area contributed by atoms with Crippen molar-refractivity contribution >= 4 is 5.69 Å². The first kappa shape index (κ1) is 13.9. The predicted molar refractivity (Wildman–Crippen MR) is 85.7 cm³/mol. The lowest BCUT2D eigenvalue weighted by Crippen LogP contribution is -2.18. The van der Waals surface area contributed by atoms with E-state index in [1.807, 2.05) is 38.2 Å². The highest BCUT2D eigenvalue weighted by molar-refractivity contribution is 5.48. The lowest BCUT2D eigenvalue weighted by molar-refractivity contribution is 0.242. The third-order valence-electron chi connectivity index (χ3n) is 3.76. The molecule has 3 rings (SSSR count). The van der Waals surface area contributed by atoms with E-state index < -0.39 is 0 Å². The topological polar surface area (TPSA) is 34.1 Å². The predicted octanol–water partition coefficient (Wildman–Crippen LogP) is 4.36. The second-order valence-electron chi connectivity index (χ2n) is 5.83. The van der Waals surface area contributed by atoms with Crippen molar-refractivity contribution in [3.63, 3.8) is 0 Å². The van der Waals surface area contributed by atoms with Crippen molar-refractivity contribution in [1.82, 2.24) is 4.98 Å². The molecule has 1 aromatic carbocycles. The number of rotatable bonds is 4. The van der Waals surface area contributed by atoms with Crippen LogP contribution >= 0.6 is 0 Å². The zero-order valence-corrected chi connectivity index (χ0v) is 12.7.